The van der Waals surface area contributed by atoms with Gasteiger partial charge in [-0.3, -0.25) is 4.79 Å². The summed E-state index contributed by atoms with van der Waals surface area (Å²) in [4.78, 5) is 13.2. The minimum Gasteiger partial charge on any atom is -0.394 e. The zero-order valence-corrected chi connectivity index (χ0v) is 47.6. The van der Waals surface area contributed by atoms with Crippen molar-refractivity contribution in [1.29, 1.82) is 0 Å². The third kappa shape index (κ3) is 40.4. The third-order valence-electron chi connectivity index (χ3n) is 15.8. The molecule has 0 radical (unpaired) electrons. The lowest BCUT2D eigenvalue weighted by atomic mass is 9.99. The summed E-state index contributed by atoms with van der Waals surface area (Å²) >= 11 is 0. The van der Waals surface area contributed by atoms with E-state index in [2.05, 4.69) is 19.2 Å². The van der Waals surface area contributed by atoms with E-state index in [1.165, 1.54) is 263 Å². The van der Waals surface area contributed by atoms with Crippen LogP contribution < -0.4 is 5.32 Å². The predicted molar refractivity (Wildman–Crippen MR) is 301 cm³/mol. The van der Waals surface area contributed by atoms with Crippen molar-refractivity contribution < 1.29 is 44.9 Å². The Bertz CT molecular complexity index is 1110. The molecule has 10 heteroatoms. The molecule has 1 aliphatic rings. The molecule has 430 valence electrons. The van der Waals surface area contributed by atoms with E-state index in [-0.39, 0.29) is 6.61 Å². The Kier molecular flexibility index (Phi) is 50.2. The van der Waals surface area contributed by atoms with Gasteiger partial charge in [-0.2, -0.15) is 0 Å². The second-order valence-corrected chi connectivity index (χ2v) is 22.7. The average Bonchev–Trinajstić information content (AvgIpc) is 3.38. The highest BCUT2D eigenvalue weighted by Gasteiger charge is 2.44. The number of aliphatic hydroxyl groups is 6. The topological polar surface area (TPSA) is 169 Å². The number of hydrogen-bond acceptors (Lipinski definition) is 9. The monoisotopic (exact) mass is 1030 g/mol. The molecule has 8 unspecified atom stereocenters. The third-order valence-corrected chi connectivity index (χ3v) is 15.8. The van der Waals surface area contributed by atoms with Crippen molar-refractivity contribution in [3.05, 3.63) is 0 Å². The fourth-order valence-corrected chi connectivity index (χ4v) is 10.7. The number of aliphatic hydroxyl groups excluding tert-OH is 6. The summed E-state index contributed by atoms with van der Waals surface area (Å²) in [5, 5.41) is 65.3. The molecule has 7 N–H and O–H groups in total. The lowest BCUT2D eigenvalue weighted by Gasteiger charge is -2.40. The van der Waals surface area contributed by atoms with Crippen molar-refractivity contribution in [2.24, 2.45) is 0 Å². The number of carbonyl (C=O) groups is 1. The number of hydrogen-bond donors (Lipinski definition) is 7. The van der Waals surface area contributed by atoms with Gasteiger partial charge in [0.15, 0.2) is 6.29 Å². The lowest BCUT2D eigenvalue weighted by molar-refractivity contribution is -0.302. The van der Waals surface area contributed by atoms with Crippen LogP contribution in [-0.2, 0) is 14.3 Å². The van der Waals surface area contributed by atoms with Crippen molar-refractivity contribution in [3.63, 3.8) is 0 Å². The van der Waals surface area contributed by atoms with E-state index in [4.69, 9.17) is 9.47 Å². The van der Waals surface area contributed by atoms with E-state index < -0.39 is 61.5 Å². The fourth-order valence-electron chi connectivity index (χ4n) is 10.7. The highest BCUT2D eigenvalue weighted by Crippen LogP contribution is 2.24. The molecule has 8 atom stereocenters. The zero-order valence-electron chi connectivity index (χ0n) is 47.6. The molecular formula is C62H123NO9. The van der Waals surface area contributed by atoms with E-state index in [1.807, 2.05) is 0 Å². The summed E-state index contributed by atoms with van der Waals surface area (Å²) in [5.41, 5.74) is 0. The van der Waals surface area contributed by atoms with Crippen LogP contribution in [0.25, 0.3) is 0 Å². The molecule has 0 saturated carbocycles. The maximum Gasteiger partial charge on any atom is 0.249 e. The molecule has 0 aromatic carbocycles. The molecule has 0 spiro atoms. The Morgan fingerprint density at radius 3 is 0.986 bits per heavy atom. The molecule has 1 fully saturated rings. The Balaban J connectivity index is 2.14. The Morgan fingerprint density at radius 1 is 0.417 bits per heavy atom. The van der Waals surface area contributed by atoms with Gasteiger partial charge in [-0.1, -0.05) is 316 Å². The average molecular weight is 1030 g/mol. The first kappa shape index (κ1) is 69.2. The first-order valence-electron chi connectivity index (χ1n) is 31.8. The minimum atomic E-state index is -1.59. The van der Waals surface area contributed by atoms with Gasteiger partial charge in [0.2, 0.25) is 5.91 Å². The molecule has 10 nitrogen and oxygen atoms in total. The van der Waals surface area contributed by atoms with Crippen LogP contribution in [0.3, 0.4) is 0 Å². The summed E-state index contributed by atoms with van der Waals surface area (Å²) in [6.45, 7) is 3.73. The Labute approximate surface area is 445 Å². The summed E-state index contributed by atoms with van der Waals surface area (Å²) < 4.78 is 11.3. The maximum atomic E-state index is 13.2. The molecule has 0 aromatic heterocycles. The summed E-state index contributed by atoms with van der Waals surface area (Å²) in [6.07, 6.45) is 53.3. The van der Waals surface area contributed by atoms with E-state index in [0.29, 0.717) is 12.8 Å². The minimum absolute atomic E-state index is 0.249. The zero-order chi connectivity index (χ0) is 52.4. The number of unbranched alkanes of at least 4 members (excludes halogenated alkanes) is 45. The number of amides is 1. The number of nitrogens with one attached hydrogen (secondary N) is 1. The molecule has 1 heterocycles. The van der Waals surface area contributed by atoms with Crippen molar-refractivity contribution in [1.82, 2.24) is 5.32 Å². The highest BCUT2D eigenvalue weighted by molar-refractivity contribution is 5.80. The smallest absolute Gasteiger partial charge is 0.249 e. The summed E-state index contributed by atoms with van der Waals surface area (Å²) in [6, 6.07) is -0.890. The van der Waals surface area contributed by atoms with Gasteiger partial charge < -0.3 is 45.4 Å². The normalized spacial score (nSPS) is 19.5. The standard InChI is InChI=1S/C62H123NO9/c1-3-5-7-9-11-13-15-17-19-21-22-23-24-25-26-27-28-29-30-31-32-33-35-37-39-41-43-45-47-49-51-56(66)61(70)63-54(53-71-62-60(69)59(68)58(67)57(52-64)72-62)55(65)50-48-46-44-42-40-38-36-34-20-18-16-14-12-10-8-6-4-2/h54-60,62,64-69H,3-53H2,1-2H3,(H,63,70). The van der Waals surface area contributed by atoms with Crippen LogP contribution >= 0.6 is 0 Å². The SMILES string of the molecule is CCCCCCCCCCCCCCCCCCCCCCCCCCCCCCCCC(O)C(=O)NC(COC1OC(CO)C(O)C(O)C1O)C(O)CCCCCCCCCCCCCCCCCCC. The first-order valence-corrected chi connectivity index (χ1v) is 31.8. The Hall–Kier alpha value is -0.850. The first-order chi connectivity index (χ1) is 35.3. The van der Waals surface area contributed by atoms with Crippen LogP contribution in [0.1, 0.15) is 328 Å². The second-order valence-electron chi connectivity index (χ2n) is 22.7. The van der Waals surface area contributed by atoms with Gasteiger partial charge in [0.25, 0.3) is 0 Å². The molecule has 0 aliphatic carbocycles. The quantitative estimate of drug-likeness (QED) is 0.0293. The summed E-state index contributed by atoms with van der Waals surface area (Å²) in [5.74, 6) is -0.575. The van der Waals surface area contributed by atoms with Gasteiger partial charge in [0.05, 0.1) is 25.4 Å². The van der Waals surface area contributed by atoms with Crippen LogP contribution in [0.2, 0.25) is 0 Å². The lowest BCUT2D eigenvalue weighted by Crippen LogP contribution is -2.60. The van der Waals surface area contributed by atoms with Gasteiger partial charge in [-0.25, -0.2) is 0 Å². The van der Waals surface area contributed by atoms with Crippen molar-refractivity contribution >= 4 is 5.91 Å². The van der Waals surface area contributed by atoms with E-state index in [1.54, 1.807) is 0 Å². The molecule has 0 aromatic rings. The molecule has 72 heavy (non-hydrogen) atoms. The number of rotatable bonds is 56. The fraction of sp³-hybridized carbons (Fsp3) is 0.984. The van der Waals surface area contributed by atoms with Crippen LogP contribution in [0.15, 0.2) is 0 Å². The van der Waals surface area contributed by atoms with E-state index in [0.717, 1.165) is 38.5 Å². The second kappa shape index (κ2) is 52.2. The highest BCUT2D eigenvalue weighted by atomic mass is 16.7. The molecule has 1 rings (SSSR count). The van der Waals surface area contributed by atoms with E-state index in [9.17, 15) is 35.4 Å². The van der Waals surface area contributed by atoms with Crippen LogP contribution in [0.4, 0.5) is 0 Å². The number of ether oxygens (including phenoxy) is 2. The molecule has 1 aliphatic heterocycles. The van der Waals surface area contributed by atoms with Crippen molar-refractivity contribution in [3.8, 4) is 0 Å². The van der Waals surface area contributed by atoms with Crippen molar-refractivity contribution in [2.45, 2.75) is 377 Å². The van der Waals surface area contributed by atoms with Gasteiger partial charge in [0, 0.05) is 0 Å². The molecule has 0 bridgehead atoms. The molecule has 1 amide bonds. The van der Waals surface area contributed by atoms with Gasteiger partial charge in [0.1, 0.15) is 30.5 Å². The Morgan fingerprint density at radius 2 is 0.694 bits per heavy atom. The van der Waals surface area contributed by atoms with Gasteiger partial charge in [-0.05, 0) is 12.8 Å². The van der Waals surface area contributed by atoms with Crippen LogP contribution in [0.5, 0.6) is 0 Å². The summed E-state index contributed by atoms with van der Waals surface area (Å²) in [7, 11) is 0. The van der Waals surface area contributed by atoms with Gasteiger partial charge >= 0.3 is 0 Å². The molecular weight excluding hydrogens is 903 g/mol. The van der Waals surface area contributed by atoms with Crippen LogP contribution in [-0.4, -0.2) is 98.7 Å². The van der Waals surface area contributed by atoms with Crippen LogP contribution in [0, 0.1) is 0 Å². The van der Waals surface area contributed by atoms with Crippen molar-refractivity contribution in [2.75, 3.05) is 13.2 Å². The largest absolute Gasteiger partial charge is 0.394 e. The van der Waals surface area contributed by atoms with Gasteiger partial charge in [-0.15, -0.1) is 0 Å². The number of carbonyl (C=O) groups excluding carboxylic acids is 1. The maximum absolute atomic E-state index is 13.2. The predicted octanol–water partition coefficient (Wildman–Crippen LogP) is 15.2. The molecule has 1 saturated heterocycles. The van der Waals surface area contributed by atoms with E-state index >= 15 is 0 Å².